The van der Waals surface area contributed by atoms with E-state index in [1.165, 1.54) is 43.2 Å². The molecule has 2 aromatic heterocycles. The fraction of sp³-hybridized carbons (Fsp3) is 0.435. The predicted molar refractivity (Wildman–Crippen MR) is 127 cm³/mol. The summed E-state index contributed by atoms with van der Waals surface area (Å²) in [4.78, 5) is 16.1. The van der Waals surface area contributed by atoms with Crippen LogP contribution in [0.4, 0.5) is 4.39 Å². The summed E-state index contributed by atoms with van der Waals surface area (Å²) in [6.07, 6.45) is 3.62. The summed E-state index contributed by atoms with van der Waals surface area (Å²) in [6, 6.07) is 10.4. The molecule has 3 heterocycles. The molecular formula is C23H28FN5OS2. The summed E-state index contributed by atoms with van der Waals surface area (Å²) in [5.74, 6) is 0.694. The molecule has 1 amide bonds. The largest absolute Gasteiger partial charge is 0.348 e. The van der Waals surface area contributed by atoms with E-state index >= 15 is 0 Å². The van der Waals surface area contributed by atoms with Gasteiger partial charge in [-0.05, 0) is 75.5 Å². The van der Waals surface area contributed by atoms with E-state index in [9.17, 15) is 9.18 Å². The van der Waals surface area contributed by atoms with Crippen molar-refractivity contribution in [2.45, 2.75) is 50.4 Å². The summed E-state index contributed by atoms with van der Waals surface area (Å²) >= 11 is 2.97. The van der Waals surface area contributed by atoms with Crippen LogP contribution in [0.2, 0.25) is 0 Å². The van der Waals surface area contributed by atoms with Gasteiger partial charge in [0.05, 0.1) is 17.8 Å². The molecule has 6 nitrogen and oxygen atoms in total. The van der Waals surface area contributed by atoms with E-state index in [1.807, 2.05) is 29.0 Å². The van der Waals surface area contributed by atoms with Crippen molar-refractivity contribution in [1.29, 1.82) is 0 Å². The minimum atomic E-state index is -0.288. The van der Waals surface area contributed by atoms with Crippen LogP contribution in [0.15, 0.2) is 46.9 Å². The molecule has 0 spiro atoms. The molecule has 1 fully saturated rings. The van der Waals surface area contributed by atoms with Crippen LogP contribution in [0.1, 0.15) is 55.9 Å². The minimum absolute atomic E-state index is 0.0345. The van der Waals surface area contributed by atoms with Crippen LogP contribution >= 0.6 is 23.1 Å². The first-order valence-electron chi connectivity index (χ1n) is 10.9. The molecule has 170 valence electrons. The van der Waals surface area contributed by atoms with Crippen LogP contribution in [0.3, 0.4) is 0 Å². The molecule has 1 aliphatic rings. The predicted octanol–water partition coefficient (Wildman–Crippen LogP) is 4.98. The summed E-state index contributed by atoms with van der Waals surface area (Å²) in [5.41, 5.74) is 0.796. The Labute approximate surface area is 196 Å². The van der Waals surface area contributed by atoms with Crippen LogP contribution in [0.5, 0.6) is 0 Å². The van der Waals surface area contributed by atoms with Gasteiger partial charge in [0.25, 0.3) is 0 Å². The van der Waals surface area contributed by atoms with Gasteiger partial charge in [0.15, 0.2) is 11.0 Å². The zero-order valence-corrected chi connectivity index (χ0v) is 20.0. The lowest BCUT2D eigenvalue weighted by atomic mass is 10.1. The van der Waals surface area contributed by atoms with Crippen molar-refractivity contribution in [3.05, 3.63) is 58.3 Å². The number of hydrogen-bond donors (Lipinski definition) is 1. The standard InChI is InChI=1S/C23H28FN5OS2/c1-16(20-7-6-14-31-20)25-21(30)15-32-23-27-26-22(17(2)28-12-4-3-5-13-28)29(23)19-10-8-18(24)9-11-19/h6-11,14,16-17H,3-5,12-13,15H2,1-2H3,(H,25,30)/t16-,17-/m0/s1. The number of hydrogen-bond acceptors (Lipinski definition) is 6. The maximum absolute atomic E-state index is 13.6. The monoisotopic (exact) mass is 473 g/mol. The molecule has 1 aliphatic heterocycles. The topological polar surface area (TPSA) is 63.1 Å². The molecule has 0 radical (unpaired) electrons. The normalized spacial score (nSPS) is 16.6. The highest BCUT2D eigenvalue weighted by atomic mass is 32.2. The van der Waals surface area contributed by atoms with Gasteiger partial charge < -0.3 is 5.32 Å². The molecule has 1 aromatic carbocycles. The zero-order chi connectivity index (χ0) is 22.5. The molecule has 32 heavy (non-hydrogen) atoms. The maximum Gasteiger partial charge on any atom is 0.230 e. The molecule has 0 saturated carbocycles. The van der Waals surface area contributed by atoms with Gasteiger partial charge in [-0.25, -0.2) is 4.39 Å². The van der Waals surface area contributed by atoms with Crippen molar-refractivity contribution >= 4 is 29.0 Å². The molecule has 4 rings (SSSR count). The average molecular weight is 474 g/mol. The highest BCUT2D eigenvalue weighted by Crippen LogP contribution is 2.29. The minimum Gasteiger partial charge on any atom is -0.348 e. The molecule has 3 aromatic rings. The number of nitrogens with zero attached hydrogens (tertiary/aromatic N) is 4. The number of carbonyl (C=O) groups excluding carboxylic acids is 1. The van der Waals surface area contributed by atoms with E-state index < -0.39 is 0 Å². The van der Waals surface area contributed by atoms with Gasteiger partial charge >= 0.3 is 0 Å². The summed E-state index contributed by atoms with van der Waals surface area (Å²) in [5, 5.41) is 14.6. The van der Waals surface area contributed by atoms with Crippen molar-refractivity contribution in [3.63, 3.8) is 0 Å². The van der Waals surface area contributed by atoms with E-state index in [2.05, 4.69) is 27.3 Å². The molecule has 0 bridgehead atoms. The lowest BCUT2D eigenvalue weighted by molar-refractivity contribution is -0.119. The number of amides is 1. The first kappa shape index (κ1) is 22.9. The Morgan fingerprint density at radius 3 is 2.59 bits per heavy atom. The SMILES string of the molecule is C[C@H](NC(=O)CSc1nnc([C@H](C)N2CCCCC2)n1-c1ccc(F)cc1)c1cccs1. The van der Waals surface area contributed by atoms with E-state index in [-0.39, 0.29) is 29.6 Å². The second-order valence-corrected chi connectivity index (χ2v) is 9.94. The van der Waals surface area contributed by atoms with Gasteiger partial charge in [-0.15, -0.1) is 21.5 Å². The highest BCUT2D eigenvalue weighted by molar-refractivity contribution is 7.99. The van der Waals surface area contributed by atoms with Gasteiger partial charge in [0.2, 0.25) is 5.91 Å². The second kappa shape index (κ2) is 10.6. The Hall–Kier alpha value is -2.23. The molecule has 0 aliphatic carbocycles. The van der Waals surface area contributed by atoms with E-state index in [0.29, 0.717) is 5.16 Å². The van der Waals surface area contributed by atoms with Crippen molar-refractivity contribution in [1.82, 2.24) is 25.0 Å². The number of benzene rings is 1. The molecule has 1 saturated heterocycles. The van der Waals surface area contributed by atoms with Gasteiger partial charge in [-0.3, -0.25) is 14.3 Å². The number of aromatic nitrogens is 3. The summed E-state index contributed by atoms with van der Waals surface area (Å²) in [7, 11) is 0. The van der Waals surface area contributed by atoms with Gasteiger partial charge in [-0.2, -0.15) is 0 Å². The van der Waals surface area contributed by atoms with Crippen LogP contribution in [0, 0.1) is 5.82 Å². The Bertz CT molecular complexity index is 1020. The fourth-order valence-electron chi connectivity index (χ4n) is 3.97. The van der Waals surface area contributed by atoms with E-state index in [0.717, 1.165) is 29.5 Å². The van der Waals surface area contributed by atoms with Crippen LogP contribution in [-0.2, 0) is 4.79 Å². The fourth-order valence-corrected chi connectivity index (χ4v) is 5.47. The van der Waals surface area contributed by atoms with Gasteiger partial charge in [0.1, 0.15) is 5.82 Å². The number of thioether (sulfide) groups is 1. The number of nitrogens with one attached hydrogen (secondary N) is 1. The number of likely N-dealkylation sites (tertiary alicyclic amines) is 1. The molecule has 1 N–H and O–H groups in total. The zero-order valence-electron chi connectivity index (χ0n) is 18.3. The lowest BCUT2D eigenvalue weighted by Crippen LogP contribution is -2.33. The summed E-state index contributed by atoms with van der Waals surface area (Å²) < 4.78 is 15.5. The second-order valence-electron chi connectivity index (χ2n) is 8.02. The Kier molecular flexibility index (Phi) is 7.59. The molecular weight excluding hydrogens is 445 g/mol. The first-order valence-corrected chi connectivity index (χ1v) is 12.8. The Morgan fingerprint density at radius 2 is 1.91 bits per heavy atom. The van der Waals surface area contributed by atoms with Crippen LogP contribution in [0.25, 0.3) is 5.69 Å². The van der Waals surface area contributed by atoms with Crippen molar-refractivity contribution in [2.75, 3.05) is 18.8 Å². The Balaban J connectivity index is 1.52. The third-order valence-electron chi connectivity index (χ3n) is 5.74. The summed E-state index contributed by atoms with van der Waals surface area (Å²) in [6.45, 7) is 6.18. The van der Waals surface area contributed by atoms with Crippen molar-refractivity contribution in [3.8, 4) is 5.69 Å². The van der Waals surface area contributed by atoms with Crippen LogP contribution in [-0.4, -0.2) is 44.4 Å². The van der Waals surface area contributed by atoms with Crippen LogP contribution < -0.4 is 5.32 Å². The third kappa shape index (κ3) is 5.39. The van der Waals surface area contributed by atoms with E-state index in [1.54, 1.807) is 23.5 Å². The van der Waals surface area contributed by atoms with E-state index in [4.69, 9.17) is 0 Å². The molecule has 2 atom stereocenters. The average Bonchev–Trinajstić information content (AvgIpc) is 3.49. The number of rotatable bonds is 8. The third-order valence-corrected chi connectivity index (χ3v) is 7.72. The molecule has 9 heteroatoms. The van der Waals surface area contributed by atoms with Gasteiger partial charge in [0, 0.05) is 10.6 Å². The number of carbonyl (C=O) groups is 1. The Morgan fingerprint density at radius 1 is 1.16 bits per heavy atom. The first-order chi connectivity index (χ1) is 15.5. The molecule has 0 unspecified atom stereocenters. The quantitative estimate of drug-likeness (QED) is 0.467. The van der Waals surface area contributed by atoms with Crippen molar-refractivity contribution < 1.29 is 9.18 Å². The smallest absolute Gasteiger partial charge is 0.230 e. The maximum atomic E-state index is 13.6. The highest BCUT2D eigenvalue weighted by Gasteiger charge is 2.26. The number of thiophene rings is 1. The number of piperidine rings is 1. The van der Waals surface area contributed by atoms with Gasteiger partial charge in [-0.1, -0.05) is 24.2 Å². The number of halogens is 1. The lowest BCUT2D eigenvalue weighted by Gasteiger charge is -2.31. The van der Waals surface area contributed by atoms with Crippen molar-refractivity contribution in [2.24, 2.45) is 0 Å².